The first-order valence-electron chi connectivity index (χ1n) is 16.1. The maximum Gasteiger partial charge on any atom is 0.410 e. The number of nitrogens with zero attached hydrogens (tertiary/aromatic N) is 7. The number of aromatic nitrogens is 3. The summed E-state index contributed by atoms with van der Waals surface area (Å²) in [5.41, 5.74) is 2.35. The van der Waals surface area contributed by atoms with Crippen molar-refractivity contribution in [3.63, 3.8) is 0 Å². The van der Waals surface area contributed by atoms with Crippen LogP contribution in [0.4, 0.5) is 22.1 Å². The molecule has 6 rings (SSSR count). The monoisotopic (exact) mass is 642 g/mol. The maximum absolute atomic E-state index is 12.4. The second kappa shape index (κ2) is 14.0. The molecule has 248 valence electrons. The van der Waals surface area contributed by atoms with E-state index in [1.54, 1.807) is 24.1 Å². The third-order valence-corrected chi connectivity index (χ3v) is 8.55. The van der Waals surface area contributed by atoms with Crippen molar-refractivity contribution in [1.29, 1.82) is 5.26 Å². The lowest BCUT2D eigenvalue weighted by Crippen LogP contribution is -2.56. The van der Waals surface area contributed by atoms with Gasteiger partial charge >= 0.3 is 6.09 Å². The number of carbonyl (C=O) groups is 1. The van der Waals surface area contributed by atoms with Crippen molar-refractivity contribution in [3.8, 4) is 29.0 Å². The standard InChI is InChI=1S/C34H42N8O5/c1-34(2,3)47-33(43)42-11-9-27(10-12-42)46-29-8-5-23(17-24(29)19-35)31-36-22-37-32(39-31)38-25-6-7-28(30(18-25)44-4)41-15-13-40(14-16-41)26-20-45-21-26/h5-8,17-18,22,26-27H,9-16,20-21H2,1-4H3,(H,36,37,38,39). The fourth-order valence-electron chi connectivity index (χ4n) is 5.92. The van der Waals surface area contributed by atoms with Gasteiger partial charge < -0.3 is 34.1 Å². The lowest BCUT2D eigenvalue weighted by atomic mass is 10.1. The summed E-state index contributed by atoms with van der Waals surface area (Å²) in [6, 6.07) is 14.1. The maximum atomic E-state index is 12.4. The second-order valence-corrected chi connectivity index (χ2v) is 13.0. The predicted octanol–water partition coefficient (Wildman–Crippen LogP) is 4.46. The van der Waals surface area contributed by atoms with E-state index in [0.717, 1.165) is 56.5 Å². The molecule has 0 saturated carbocycles. The molecule has 3 aromatic rings. The smallest absolute Gasteiger partial charge is 0.410 e. The molecule has 0 aliphatic carbocycles. The summed E-state index contributed by atoms with van der Waals surface area (Å²) in [5, 5.41) is 13.2. The van der Waals surface area contributed by atoms with Crippen LogP contribution in [0.2, 0.25) is 0 Å². The molecule has 4 heterocycles. The molecular formula is C34H42N8O5. The van der Waals surface area contributed by atoms with Crippen LogP contribution >= 0.6 is 0 Å². The van der Waals surface area contributed by atoms with Crippen LogP contribution in [0.5, 0.6) is 11.5 Å². The Kier molecular flexibility index (Phi) is 9.60. The number of rotatable bonds is 8. The zero-order valence-corrected chi connectivity index (χ0v) is 27.4. The van der Waals surface area contributed by atoms with Gasteiger partial charge in [0.25, 0.3) is 0 Å². The Labute approximate surface area is 275 Å². The highest BCUT2D eigenvalue weighted by Gasteiger charge is 2.30. The van der Waals surface area contributed by atoms with E-state index in [4.69, 9.17) is 18.9 Å². The average molecular weight is 643 g/mol. The number of nitriles is 1. The Hall–Kier alpha value is -4.67. The highest BCUT2D eigenvalue weighted by molar-refractivity contribution is 5.69. The fraction of sp³-hybridized carbons (Fsp3) is 0.500. The summed E-state index contributed by atoms with van der Waals surface area (Å²) in [6.45, 7) is 12.2. The average Bonchev–Trinajstić information content (AvgIpc) is 3.04. The van der Waals surface area contributed by atoms with E-state index in [-0.39, 0.29) is 12.2 Å². The Balaban J connectivity index is 1.08. The minimum Gasteiger partial charge on any atom is -0.495 e. The van der Waals surface area contributed by atoms with Gasteiger partial charge in [0.2, 0.25) is 5.95 Å². The number of methoxy groups -OCH3 is 1. The molecule has 47 heavy (non-hydrogen) atoms. The number of benzene rings is 2. The van der Waals surface area contributed by atoms with Crippen LogP contribution in [-0.4, -0.2) is 108 Å². The second-order valence-electron chi connectivity index (χ2n) is 13.0. The van der Waals surface area contributed by atoms with Crippen LogP contribution < -0.4 is 19.7 Å². The Bertz CT molecular complexity index is 1600. The largest absolute Gasteiger partial charge is 0.495 e. The highest BCUT2D eigenvalue weighted by atomic mass is 16.6. The minimum absolute atomic E-state index is 0.116. The van der Waals surface area contributed by atoms with Crippen LogP contribution in [0.3, 0.4) is 0 Å². The molecule has 0 atom stereocenters. The van der Waals surface area contributed by atoms with Crippen LogP contribution in [0, 0.1) is 11.3 Å². The molecule has 0 radical (unpaired) electrons. The number of hydrogen-bond acceptors (Lipinski definition) is 12. The molecule has 3 saturated heterocycles. The van der Waals surface area contributed by atoms with E-state index in [1.165, 1.54) is 6.33 Å². The first-order valence-corrected chi connectivity index (χ1v) is 16.1. The summed E-state index contributed by atoms with van der Waals surface area (Å²) in [5.74, 6) is 2.06. The Morgan fingerprint density at radius 1 is 1.00 bits per heavy atom. The van der Waals surface area contributed by atoms with Gasteiger partial charge in [0.1, 0.15) is 35.6 Å². The van der Waals surface area contributed by atoms with Crippen LogP contribution in [0.15, 0.2) is 42.7 Å². The molecule has 1 N–H and O–H groups in total. The lowest BCUT2D eigenvalue weighted by molar-refractivity contribution is -0.0660. The van der Waals surface area contributed by atoms with E-state index in [9.17, 15) is 10.1 Å². The first-order chi connectivity index (χ1) is 22.7. The van der Waals surface area contributed by atoms with Gasteiger partial charge in [0, 0.05) is 69.4 Å². The van der Waals surface area contributed by atoms with Crippen molar-refractivity contribution in [2.45, 2.75) is 51.4 Å². The molecule has 13 heteroatoms. The van der Waals surface area contributed by atoms with Gasteiger partial charge in [-0.3, -0.25) is 4.90 Å². The molecule has 1 amide bonds. The van der Waals surface area contributed by atoms with E-state index >= 15 is 0 Å². The van der Waals surface area contributed by atoms with Crippen molar-refractivity contribution in [2.24, 2.45) is 0 Å². The number of carbonyl (C=O) groups excluding carboxylic acids is 1. The zero-order valence-electron chi connectivity index (χ0n) is 27.4. The van der Waals surface area contributed by atoms with Gasteiger partial charge in [-0.1, -0.05) is 0 Å². The van der Waals surface area contributed by atoms with E-state index in [0.29, 0.717) is 60.6 Å². The van der Waals surface area contributed by atoms with E-state index in [1.807, 2.05) is 39.0 Å². The number of amides is 1. The van der Waals surface area contributed by atoms with Gasteiger partial charge in [0.05, 0.1) is 37.6 Å². The van der Waals surface area contributed by atoms with Crippen molar-refractivity contribution >= 4 is 23.4 Å². The van der Waals surface area contributed by atoms with Crippen molar-refractivity contribution in [2.75, 3.05) is 69.8 Å². The molecule has 13 nitrogen and oxygen atoms in total. The number of likely N-dealkylation sites (tertiary alicyclic amines) is 1. The number of piperazine rings is 1. The predicted molar refractivity (Wildman–Crippen MR) is 176 cm³/mol. The Morgan fingerprint density at radius 3 is 2.43 bits per heavy atom. The molecule has 0 unspecified atom stereocenters. The van der Waals surface area contributed by atoms with Gasteiger partial charge in [-0.05, 0) is 51.1 Å². The molecular weight excluding hydrogens is 600 g/mol. The third-order valence-electron chi connectivity index (χ3n) is 8.55. The third kappa shape index (κ3) is 7.84. The molecule has 0 bridgehead atoms. The molecule has 1 aromatic heterocycles. The van der Waals surface area contributed by atoms with Crippen molar-refractivity contribution in [3.05, 3.63) is 48.3 Å². The molecule has 2 aromatic carbocycles. The summed E-state index contributed by atoms with van der Waals surface area (Å²) in [6.07, 6.45) is 2.30. The van der Waals surface area contributed by atoms with Crippen LogP contribution in [0.1, 0.15) is 39.2 Å². The number of anilines is 3. The number of nitrogens with one attached hydrogen (secondary N) is 1. The number of hydrogen-bond donors (Lipinski definition) is 1. The van der Waals surface area contributed by atoms with Crippen molar-refractivity contribution in [1.82, 2.24) is 24.8 Å². The van der Waals surface area contributed by atoms with Gasteiger partial charge in [0.15, 0.2) is 5.82 Å². The minimum atomic E-state index is -0.538. The Morgan fingerprint density at radius 2 is 1.77 bits per heavy atom. The van der Waals surface area contributed by atoms with Crippen LogP contribution in [-0.2, 0) is 9.47 Å². The first kappa shape index (κ1) is 32.3. The number of ether oxygens (including phenoxy) is 4. The van der Waals surface area contributed by atoms with E-state index < -0.39 is 5.60 Å². The topological polar surface area (TPSA) is 138 Å². The van der Waals surface area contributed by atoms with Gasteiger partial charge in [-0.2, -0.15) is 10.2 Å². The molecule has 3 aliphatic heterocycles. The van der Waals surface area contributed by atoms with Crippen LogP contribution in [0.25, 0.3) is 11.4 Å². The van der Waals surface area contributed by atoms with Crippen molar-refractivity contribution < 1.29 is 23.7 Å². The molecule has 3 fully saturated rings. The summed E-state index contributed by atoms with van der Waals surface area (Å²) in [4.78, 5) is 32.2. The fourth-order valence-corrected chi connectivity index (χ4v) is 5.92. The summed E-state index contributed by atoms with van der Waals surface area (Å²) in [7, 11) is 1.68. The highest BCUT2D eigenvalue weighted by Crippen LogP contribution is 2.34. The zero-order chi connectivity index (χ0) is 33.0. The van der Waals surface area contributed by atoms with Gasteiger partial charge in [-0.15, -0.1) is 0 Å². The molecule has 3 aliphatic rings. The van der Waals surface area contributed by atoms with E-state index in [2.05, 4.69) is 42.2 Å². The normalized spacial score (nSPS) is 17.9. The number of piperidine rings is 1. The summed E-state index contributed by atoms with van der Waals surface area (Å²) >= 11 is 0. The summed E-state index contributed by atoms with van der Waals surface area (Å²) < 4.78 is 22.8. The van der Waals surface area contributed by atoms with Gasteiger partial charge in [-0.25, -0.2) is 14.8 Å². The lowest BCUT2D eigenvalue weighted by Gasteiger charge is -2.43. The quantitative estimate of drug-likeness (QED) is 0.371. The SMILES string of the molecule is COc1cc(Nc2ncnc(-c3ccc(OC4CCN(C(=O)OC(C)(C)C)CC4)c(C#N)c3)n2)ccc1N1CCN(C2COC2)CC1. The molecule has 0 spiro atoms.